The van der Waals surface area contributed by atoms with Crippen molar-refractivity contribution in [3.63, 3.8) is 0 Å². The van der Waals surface area contributed by atoms with Crippen molar-refractivity contribution in [3.05, 3.63) is 90.5 Å². The van der Waals surface area contributed by atoms with Crippen LogP contribution in [0.3, 0.4) is 0 Å². The van der Waals surface area contributed by atoms with Crippen molar-refractivity contribution in [2.45, 2.75) is 10.8 Å². The topological polar surface area (TPSA) is 0 Å². The van der Waals surface area contributed by atoms with E-state index in [4.69, 9.17) is 0 Å². The third-order valence-corrected chi connectivity index (χ3v) is 6.82. The SMILES string of the molecule is CC(I)c1ccccc1P(c1ccccc1)c1ccccc1. The van der Waals surface area contributed by atoms with Gasteiger partial charge in [0, 0.05) is 3.92 Å². The van der Waals surface area contributed by atoms with Crippen LogP contribution < -0.4 is 15.9 Å². The van der Waals surface area contributed by atoms with E-state index in [2.05, 4.69) is 114 Å². The molecule has 0 bridgehead atoms. The van der Waals surface area contributed by atoms with E-state index in [0.29, 0.717) is 3.92 Å². The van der Waals surface area contributed by atoms with Gasteiger partial charge in [-0.1, -0.05) is 108 Å². The fourth-order valence-corrected chi connectivity index (χ4v) is 5.95. The monoisotopic (exact) mass is 416 g/mol. The number of rotatable bonds is 4. The van der Waals surface area contributed by atoms with Crippen LogP contribution in [-0.4, -0.2) is 0 Å². The smallest absolute Gasteiger partial charge is 0.0337 e. The van der Waals surface area contributed by atoms with Gasteiger partial charge in [0.15, 0.2) is 0 Å². The van der Waals surface area contributed by atoms with E-state index in [1.165, 1.54) is 21.5 Å². The molecule has 0 heterocycles. The average Bonchev–Trinajstić information content (AvgIpc) is 2.57. The number of halogens is 1. The molecule has 0 aromatic heterocycles. The third-order valence-electron chi connectivity index (χ3n) is 3.63. The lowest BCUT2D eigenvalue weighted by Crippen LogP contribution is -2.23. The number of hydrogen-bond donors (Lipinski definition) is 0. The van der Waals surface area contributed by atoms with Crippen LogP contribution in [0.15, 0.2) is 84.9 Å². The zero-order valence-corrected chi connectivity index (χ0v) is 15.5. The quantitative estimate of drug-likeness (QED) is 0.321. The summed E-state index contributed by atoms with van der Waals surface area (Å²) in [7, 11) is -0.504. The largest absolute Gasteiger partial charge is 0.0777 e. The Morgan fingerprint density at radius 2 is 1.14 bits per heavy atom. The highest BCUT2D eigenvalue weighted by molar-refractivity contribution is 14.1. The van der Waals surface area contributed by atoms with Crippen LogP contribution in [0.5, 0.6) is 0 Å². The summed E-state index contributed by atoms with van der Waals surface area (Å²) in [5, 5.41) is 4.29. The predicted octanol–water partition coefficient (Wildman–Crippen LogP) is 4.94. The Kier molecular flexibility index (Phi) is 5.28. The molecule has 1 atom stereocenters. The minimum atomic E-state index is -0.504. The van der Waals surface area contributed by atoms with Crippen molar-refractivity contribution in [1.29, 1.82) is 0 Å². The molecule has 0 aliphatic rings. The van der Waals surface area contributed by atoms with Gasteiger partial charge in [0.1, 0.15) is 0 Å². The Balaban J connectivity index is 2.19. The first-order valence-electron chi connectivity index (χ1n) is 7.40. The molecule has 3 aromatic rings. The molecule has 22 heavy (non-hydrogen) atoms. The highest BCUT2D eigenvalue weighted by atomic mass is 127. The standard InChI is InChI=1S/C20H18IP/c1-16(21)19-14-8-9-15-20(19)22(17-10-4-2-5-11-17)18-12-6-3-7-13-18/h2-16H,1H3. The van der Waals surface area contributed by atoms with E-state index in [0.717, 1.165) is 0 Å². The van der Waals surface area contributed by atoms with Crippen LogP contribution in [0, 0.1) is 0 Å². The van der Waals surface area contributed by atoms with Crippen molar-refractivity contribution in [2.75, 3.05) is 0 Å². The van der Waals surface area contributed by atoms with Gasteiger partial charge in [0.25, 0.3) is 0 Å². The summed E-state index contributed by atoms with van der Waals surface area (Å²) < 4.78 is 0.506. The predicted molar refractivity (Wildman–Crippen MR) is 108 cm³/mol. The summed E-state index contributed by atoms with van der Waals surface area (Å²) in [6, 6.07) is 30.7. The fraction of sp³-hybridized carbons (Fsp3) is 0.100. The van der Waals surface area contributed by atoms with Crippen LogP contribution in [0.2, 0.25) is 0 Å². The van der Waals surface area contributed by atoms with Crippen molar-refractivity contribution in [1.82, 2.24) is 0 Å². The molecule has 0 nitrogen and oxygen atoms in total. The molecule has 2 heteroatoms. The molecule has 3 rings (SSSR count). The summed E-state index contributed by atoms with van der Waals surface area (Å²) in [6.07, 6.45) is 0. The maximum atomic E-state index is 2.52. The van der Waals surface area contributed by atoms with Gasteiger partial charge in [-0.2, -0.15) is 0 Å². The lowest BCUT2D eigenvalue weighted by Gasteiger charge is -2.23. The Labute approximate surface area is 147 Å². The van der Waals surface area contributed by atoms with Gasteiger partial charge >= 0.3 is 0 Å². The average molecular weight is 416 g/mol. The van der Waals surface area contributed by atoms with Crippen LogP contribution >= 0.6 is 30.5 Å². The Morgan fingerprint density at radius 1 is 0.682 bits per heavy atom. The molecular formula is C20H18IP. The van der Waals surface area contributed by atoms with E-state index < -0.39 is 7.92 Å². The lowest BCUT2D eigenvalue weighted by atomic mass is 10.2. The van der Waals surface area contributed by atoms with Crippen LogP contribution in [0.25, 0.3) is 0 Å². The molecular weight excluding hydrogens is 398 g/mol. The molecule has 110 valence electrons. The normalized spacial score (nSPS) is 12.3. The van der Waals surface area contributed by atoms with Crippen LogP contribution in [-0.2, 0) is 0 Å². The Bertz CT molecular complexity index is 683. The second-order valence-corrected chi connectivity index (χ2v) is 9.24. The summed E-state index contributed by atoms with van der Waals surface area (Å²) in [5.74, 6) is 0. The van der Waals surface area contributed by atoms with E-state index in [1.807, 2.05) is 0 Å². The fourth-order valence-electron chi connectivity index (χ4n) is 2.61. The van der Waals surface area contributed by atoms with E-state index in [1.54, 1.807) is 0 Å². The summed E-state index contributed by atoms with van der Waals surface area (Å²) in [4.78, 5) is 0. The molecule has 0 saturated carbocycles. The molecule has 0 fully saturated rings. The molecule has 0 aliphatic carbocycles. The second kappa shape index (κ2) is 7.39. The van der Waals surface area contributed by atoms with E-state index in [-0.39, 0.29) is 0 Å². The molecule has 0 spiro atoms. The van der Waals surface area contributed by atoms with Gasteiger partial charge in [-0.15, -0.1) is 0 Å². The van der Waals surface area contributed by atoms with Gasteiger partial charge in [0.05, 0.1) is 0 Å². The zero-order chi connectivity index (χ0) is 15.4. The van der Waals surface area contributed by atoms with Crippen molar-refractivity contribution >= 4 is 46.4 Å². The minimum Gasteiger partial charge on any atom is -0.0777 e. The lowest BCUT2D eigenvalue weighted by molar-refractivity contribution is 1.16. The molecule has 0 radical (unpaired) electrons. The summed E-state index contributed by atoms with van der Waals surface area (Å²) >= 11 is 2.52. The first-order chi connectivity index (χ1) is 10.8. The highest BCUT2D eigenvalue weighted by Gasteiger charge is 2.20. The third kappa shape index (κ3) is 3.42. The van der Waals surface area contributed by atoms with Gasteiger partial charge in [-0.3, -0.25) is 0 Å². The van der Waals surface area contributed by atoms with Crippen LogP contribution in [0.4, 0.5) is 0 Å². The maximum Gasteiger partial charge on any atom is 0.0337 e. The molecule has 0 saturated heterocycles. The van der Waals surface area contributed by atoms with Crippen LogP contribution in [0.1, 0.15) is 16.4 Å². The van der Waals surface area contributed by atoms with E-state index >= 15 is 0 Å². The highest BCUT2D eigenvalue weighted by Crippen LogP contribution is 2.36. The summed E-state index contributed by atoms with van der Waals surface area (Å²) in [5.41, 5.74) is 1.45. The maximum absolute atomic E-state index is 2.52. The number of benzene rings is 3. The first kappa shape index (κ1) is 15.7. The van der Waals surface area contributed by atoms with Gasteiger partial charge < -0.3 is 0 Å². The van der Waals surface area contributed by atoms with Crippen molar-refractivity contribution in [3.8, 4) is 0 Å². The zero-order valence-electron chi connectivity index (χ0n) is 12.5. The number of hydrogen-bond acceptors (Lipinski definition) is 0. The first-order valence-corrected chi connectivity index (χ1v) is 9.99. The van der Waals surface area contributed by atoms with Crippen molar-refractivity contribution in [2.24, 2.45) is 0 Å². The molecule has 0 N–H and O–H groups in total. The molecule has 1 unspecified atom stereocenters. The Hall–Kier alpha value is -1.18. The second-order valence-electron chi connectivity index (χ2n) is 5.18. The van der Waals surface area contributed by atoms with Gasteiger partial charge in [0.2, 0.25) is 0 Å². The van der Waals surface area contributed by atoms with Crippen molar-refractivity contribution < 1.29 is 0 Å². The molecule has 3 aromatic carbocycles. The Morgan fingerprint density at radius 3 is 1.64 bits per heavy atom. The van der Waals surface area contributed by atoms with Gasteiger partial charge in [-0.05, 0) is 36.3 Å². The number of alkyl halides is 1. The van der Waals surface area contributed by atoms with E-state index in [9.17, 15) is 0 Å². The summed E-state index contributed by atoms with van der Waals surface area (Å²) in [6.45, 7) is 2.27. The molecule has 0 aliphatic heterocycles. The minimum absolute atomic E-state index is 0.504. The van der Waals surface area contributed by atoms with Gasteiger partial charge in [-0.25, -0.2) is 0 Å². The molecule has 0 amide bonds.